The summed E-state index contributed by atoms with van der Waals surface area (Å²) in [7, 11) is 0. The molecule has 1 saturated heterocycles. The van der Waals surface area contributed by atoms with Crippen molar-refractivity contribution in [1.82, 2.24) is 10.2 Å². The van der Waals surface area contributed by atoms with Crippen molar-refractivity contribution in [3.63, 3.8) is 0 Å². The van der Waals surface area contributed by atoms with Crippen LogP contribution in [0, 0.1) is 23.7 Å². The molecule has 3 aliphatic rings. The van der Waals surface area contributed by atoms with Crippen LogP contribution in [0.1, 0.15) is 38.5 Å². The zero-order chi connectivity index (χ0) is 15.7. The Hall–Kier alpha value is -1.59. The molecule has 0 aromatic heterocycles. The molecule has 1 aliphatic heterocycles. The molecule has 1 heterocycles. The van der Waals surface area contributed by atoms with Crippen LogP contribution in [-0.4, -0.2) is 47.4 Å². The normalized spacial score (nSPS) is 33.5. The molecule has 122 valence electrons. The molecule has 0 radical (unpaired) electrons. The summed E-state index contributed by atoms with van der Waals surface area (Å²) in [6, 6.07) is 0. The third-order valence-electron chi connectivity index (χ3n) is 5.58. The van der Waals surface area contributed by atoms with E-state index < -0.39 is 11.9 Å². The molecule has 0 aromatic carbocycles. The molecule has 0 aromatic rings. The van der Waals surface area contributed by atoms with Crippen molar-refractivity contribution in [2.24, 2.45) is 23.7 Å². The molecule has 6 heteroatoms. The van der Waals surface area contributed by atoms with Gasteiger partial charge < -0.3 is 15.3 Å². The summed E-state index contributed by atoms with van der Waals surface area (Å²) in [5.74, 6) is -1.16. The lowest BCUT2D eigenvalue weighted by molar-refractivity contribution is -0.149. The fourth-order valence-corrected chi connectivity index (χ4v) is 4.56. The van der Waals surface area contributed by atoms with Gasteiger partial charge in [-0.05, 0) is 43.9 Å². The Bertz CT molecular complexity index is 479. The second-order valence-corrected chi connectivity index (χ2v) is 6.85. The molecule has 2 aliphatic carbocycles. The van der Waals surface area contributed by atoms with E-state index in [9.17, 15) is 19.5 Å². The summed E-state index contributed by atoms with van der Waals surface area (Å²) in [6.07, 6.45) is 5.11. The van der Waals surface area contributed by atoms with Gasteiger partial charge in [0.15, 0.2) is 0 Å². The second-order valence-electron chi connectivity index (χ2n) is 6.85. The average Bonchev–Trinajstić information content (AvgIpc) is 3.18. The number of carboxylic acids is 1. The summed E-state index contributed by atoms with van der Waals surface area (Å²) in [6.45, 7) is 2.02. The van der Waals surface area contributed by atoms with Gasteiger partial charge in [-0.2, -0.15) is 0 Å². The molecular weight excluding hydrogens is 284 g/mol. The predicted molar refractivity (Wildman–Crippen MR) is 78.9 cm³/mol. The van der Waals surface area contributed by atoms with Crippen LogP contribution in [0.25, 0.3) is 0 Å². The Kier molecular flexibility index (Phi) is 4.36. The highest BCUT2D eigenvalue weighted by atomic mass is 16.4. The number of nitrogens with one attached hydrogen (secondary N) is 1. The Morgan fingerprint density at radius 1 is 1.23 bits per heavy atom. The number of hydrogen-bond donors (Lipinski definition) is 2. The number of fused-ring (bicyclic) bond motifs is 2. The van der Waals surface area contributed by atoms with Gasteiger partial charge in [-0.3, -0.25) is 14.4 Å². The van der Waals surface area contributed by atoms with Gasteiger partial charge in [0.05, 0.1) is 11.8 Å². The molecule has 0 unspecified atom stereocenters. The fourth-order valence-electron chi connectivity index (χ4n) is 4.56. The zero-order valence-corrected chi connectivity index (χ0v) is 12.8. The summed E-state index contributed by atoms with van der Waals surface area (Å²) < 4.78 is 0. The van der Waals surface area contributed by atoms with Gasteiger partial charge in [0.25, 0.3) is 0 Å². The monoisotopic (exact) mass is 308 g/mol. The van der Waals surface area contributed by atoms with Gasteiger partial charge in [0, 0.05) is 26.1 Å². The van der Waals surface area contributed by atoms with Gasteiger partial charge >= 0.3 is 5.97 Å². The number of rotatable bonds is 6. The van der Waals surface area contributed by atoms with E-state index in [1.54, 1.807) is 0 Å². The minimum atomic E-state index is -0.824. The molecule has 2 bridgehead atoms. The number of hydrogen-bond acceptors (Lipinski definition) is 3. The van der Waals surface area contributed by atoms with E-state index in [1.165, 1.54) is 0 Å². The van der Waals surface area contributed by atoms with Crippen LogP contribution in [0.3, 0.4) is 0 Å². The number of aliphatic carboxylic acids is 1. The lowest BCUT2D eigenvalue weighted by Gasteiger charge is -2.27. The summed E-state index contributed by atoms with van der Waals surface area (Å²) in [5, 5.41) is 12.3. The van der Waals surface area contributed by atoms with Gasteiger partial charge in [-0.15, -0.1) is 0 Å². The van der Waals surface area contributed by atoms with Crippen LogP contribution in [0.15, 0.2) is 0 Å². The summed E-state index contributed by atoms with van der Waals surface area (Å²) in [5.41, 5.74) is 0. The molecule has 6 nitrogen and oxygen atoms in total. The van der Waals surface area contributed by atoms with E-state index in [1.807, 2.05) is 4.90 Å². The molecule has 2 N–H and O–H groups in total. The van der Waals surface area contributed by atoms with Gasteiger partial charge in [-0.25, -0.2) is 0 Å². The van der Waals surface area contributed by atoms with Crippen LogP contribution in [0.5, 0.6) is 0 Å². The molecular formula is C16H24N2O4. The minimum Gasteiger partial charge on any atom is -0.481 e. The maximum atomic E-state index is 12.4. The van der Waals surface area contributed by atoms with Crippen molar-refractivity contribution in [2.45, 2.75) is 38.5 Å². The van der Waals surface area contributed by atoms with E-state index in [0.717, 1.165) is 38.6 Å². The molecule has 0 spiro atoms. The van der Waals surface area contributed by atoms with E-state index in [4.69, 9.17) is 0 Å². The van der Waals surface area contributed by atoms with Gasteiger partial charge in [-0.1, -0.05) is 0 Å². The Labute approximate surface area is 130 Å². The quantitative estimate of drug-likeness (QED) is 0.713. The molecule has 4 atom stereocenters. The lowest BCUT2D eigenvalue weighted by Crippen LogP contribution is -2.42. The van der Waals surface area contributed by atoms with E-state index in [2.05, 4.69) is 5.32 Å². The summed E-state index contributed by atoms with van der Waals surface area (Å²) in [4.78, 5) is 37.1. The van der Waals surface area contributed by atoms with Crippen LogP contribution in [0.4, 0.5) is 0 Å². The number of amides is 2. The first kappa shape index (κ1) is 15.3. The summed E-state index contributed by atoms with van der Waals surface area (Å²) >= 11 is 0. The van der Waals surface area contributed by atoms with Crippen LogP contribution in [0.2, 0.25) is 0 Å². The first-order chi connectivity index (χ1) is 10.6. The van der Waals surface area contributed by atoms with Crippen molar-refractivity contribution >= 4 is 17.8 Å². The van der Waals surface area contributed by atoms with Crippen molar-refractivity contribution in [1.29, 1.82) is 0 Å². The lowest BCUT2D eigenvalue weighted by atomic mass is 9.78. The number of carbonyl (C=O) groups excluding carboxylic acids is 2. The number of nitrogens with zero attached hydrogens (tertiary/aromatic N) is 1. The standard InChI is InChI=1S/C16H24N2O4/c19-12-3-1-7-18(12)8-2-6-17-15(20)13-10-4-5-11(9-10)14(13)16(21)22/h10-11,13-14H,1-9H2,(H,17,20)(H,21,22)/t10-,11+,13-,14+/m0/s1. The molecule has 3 rings (SSSR count). The smallest absolute Gasteiger partial charge is 0.307 e. The predicted octanol–water partition coefficient (Wildman–Crippen LogP) is 0.862. The van der Waals surface area contributed by atoms with Gasteiger partial charge in [0.1, 0.15) is 0 Å². The zero-order valence-electron chi connectivity index (χ0n) is 12.8. The average molecular weight is 308 g/mol. The van der Waals surface area contributed by atoms with Crippen molar-refractivity contribution in [3.8, 4) is 0 Å². The number of carbonyl (C=O) groups is 3. The fraction of sp³-hybridized carbons (Fsp3) is 0.812. The number of carboxylic acid groups (broad SMARTS) is 1. The van der Waals surface area contributed by atoms with E-state index in [-0.39, 0.29) is 29.6 Å². The van der Waals surface area contributed by atoms with Crippen molar-refractivity contribution in [2.75, 3.05) is 19.6 Å². The highest BCUT2D eigenvalue weighted by Gasteiger charge is 2.53. The third kappa shape index (κ3) is 2.83. The maximum Gasteiger partial charge on any atom is 0.307 e. The Morgan fingerprint density at radius 2 is 1.95 bits per heavy atom. The first-order valence-corrected chi connectivity index (χ1v) is 8.36. The van der Waals surface area contributed by atoms with Crippen LogP contribution in [-0.2, 0) is 14.4 Å². The molecule has 22 heavy (non-hydrogen) atoms. The van der Waals surface area contributed by atoms with Crippen molar-refractivity contribution in [3.05, 3.63) is 0 Å². The first-order valence-electron chi connectivity index (χ1n) is 8.36. The molecule has 2 amide bonds. The highest BCUT2D eigenvalue weighted by Crippen LogP contribution is 2.52. The molecule has 2 saturated carbocycles. The topological polar surface area (TPSA) is 86.7 Å². The van der Waals surface area contributed by atoms with Crippen LogP contribution >= 0.6 is 0 Å². The third-order valence-corrected chi connectivity index (χ3v) is 5.58. The maximum absolute atomic E-state index is 12.4. The van der Waals surface area contributed by atoms with Gasteiger partial charge in [0.2, 0.25) is 11.8 Å². The second kappa shape index (κ2) is 6.26. The SMILES string of the molecule is O=C(O)[C@@H]1[C@@H]2CC[C@@H](C2)[C@@H]1C(=O)NCCCN1CCCC1=O. The highest BCUT2D eigenvalue weighted by molar-refractivity contribution is 5.86. The minimum absolute atomic E-state index is 0.104. The van der Waals surface area contributed by atoms with Crippen molar-refractivity contribution < 1.29 is 19.5 Å². The van der Waals surface area contributed by atoms with E-state index in [0.29, 0.717) is 19.5 Å². The largest absolute Gasteiger partial charge is 0.481 e. The Balaban J connectivity index is 1.45. The molecule has 3 fully saturated rings. The number of likely N-dealkylation sites (tertiary alicyclic amines) is 1. The Morgan fingerprint density at radius 3 is 2.59 bits per heavy atom. The van der Waals surface area contributed by atoms with Crippen LogP contribution < -0.4 is 5.32 Å². The van der Waals surface area contributed by atoms with E-state index >= 15 is 0 Å².